The van der Waals surface area contributed by atoms with Gasteiger partial charge in [0.05, 0.1) is 13.7 Å². The average Bonchev–Trinajstić information content (AvgIpc) is 2.72. The fraction of sp³-hybridized carbons (Fsp3) is 0.273. The minimum atomic E-state index is -0.340. The molecule has 0 aliphatic heterocycles. The standard InChI is InChI=1S/C22H25N3O4/c1-15-4-9-20-16(12-15)13-17(21(27)24-20)14-25(10-3-11-26)22(28)23-18-5-7-19(29-2)8-6-18/h4-9,12-13,26H,3,10-11,14H2,1-2H3,(H,23,28)(H,24,27). The van der Waals surface area contributed by atoms with Crippen LogP contribution in [0.1, 0.15) is 17.5 Å². The lowest BCUT2D eigenvalue weighted by Crippen LogP contribution is -2.37. The average molecular weight is 395 g/mol. The Kier molecular flexibility index (Phi) is 6.51. The fourth-order valence-corrected chi connectivity index (χ4v) is 3.09. The predicted octanol–water partition coefficient (Wildman–Crippen LogP) is 3.26. The van der Waals surface area contributed by atoms with Gasteiger partial charge in [-0.1, -0.05) is 11.6 Å². The summed E-state index contributed by atoms with van der Waals surface area (Å²) in [6.45, 7) is 2.41. The van der Waals surface area contributed by atoms with Crippen molar-refractivity contribution in [1.82, 2.24) is 9.88 Å². The van der Waals surface area contributed by atoms with Crippen LogP contribution in [0.3, 0.4) is 0 Å². The number of aliphatic hydroxyl groups is 1. The normalized spacial score (nSPS) is 10.7. The van der Waals surface area contributed by atoms with Crippen LogP contribution in [0.15, 0.2) is 53.3 Å². The first-order valence-corrected chi connectivity index (χ1v) is 9.43. The van der Waals surface area contributed by atoms with E-state index in [9.17, 15) is 14.7 Å². The van der Waals surface area contributed by atoms with Crippen LogP contribution in [-0.4, -0.2) is 41.3 Å². The molecular weight excluding hydrogens is 370 g/mol. The molecule has 7 heteroatoms. The van der Waals surface area contributed by atoms with E-state index in [1.807, 2.05) is 31.2 Å². The van der Waals surface area contributed by atoms with Gasteiger partial charge >= 0.3 is 6.03 Å². The van der Waals surface area contributed by atoms with E-state index in [1.54, 1.807) is 31.4 Å². The topological polar surface area (TPSA) is 94.7 Å². The van der Waals surface area contributed by atoms with Gasteiger partial charge in [0, 0.05) is 29.9 Å². The molecule has 3 rings (SSSR count). The van der Waals surface area contributed by atoms with Crippen molar-refractivity contribution in [3.63, 3.8) is 0 Å². The van der Waals surface area contributed by atoms with Gasteiger partial charge in [0.1, 0.15) is 5.75 Å². The van der Waals surface area contributed by atoms with Crippen LogP contribution in [0.2, 0.25) is 0 Å². The van der Waals surface area contributed by atoms with Crippen molar-refractivity contribution in [3.8, 4) is 5.75 Å². The first kappa shape index (κ1) is 20.4. The monoisotopic (exact) mass is 395 g/mol. The maximum Gasteiger partial charge on any atom is 0.322 e. The van der Waals surface area contributed by atoms with Gasteiger partial charge in [-0.25, -0.2) is 4.79 Å². The number of hydrogen-bond acceptors (Lipinski definition) is 4. The zero-order chi connectivity index (χ0) is 20.8. The van der Waals surface area contributed by atoms with Crippen LogP contribution in [0.25, 0.3) is 10.9 Å². The molecule has 0 bridgehead atoms. The molecule has 0 saturated carbocycles. The SMILES string of the molecule is COc1ccc(NC(=O)N(CCCO)Cc2cc3cc(C)ccc3[nH]c2=O)cc1. The van der Waals surface area contributed by atoms with Crippen molar-refractivity contribution in [2.75, 3.05) is 25.6 Å². The number of H-pyrrole nitrogens is 1. The highest BCUT2D eigenvalue weighted by molar-refractivity contribution is 5.89. The summed E-state index contributed by atoms with van der Waals surface area (Å²) in [5, 5.41) is 12.9. The molecule has 0 atom stereocenters. The minimum Gasteiger partial charge on any atom is -0.497 e. The summed E-state index contributed by atoms with van der Waals surface area (Å²) in [7, 11) is 1.58. The number of aromatic amines is 1. The summed E-state index contributed by atoms with van der Waals surface area (Å²) in [6, 6.07) is 14.3. The quantitative estimate of drug-likeness (QED) is 0.572. The molecule has 0 saturated heterocycles. The highest BCUT2D eigenvalue weighted by atomic mass is 16.5. The predicted molar refractivity (Wildman–Crippen MR) is 113 cm³/mol. The third-order valence-electron chi connectivity index (χ3n) is 4.65. The number of nitrogens with one attached hydrogen (secondary N) is 2. The maximum atomic E-state index is 12.8. The van der Waals surface area contributed by atoms with Crippen LogP contribution in [-0.2, 0) is 6.54 Å². The summed E-state index contributed by atoms with van der Waals surface area (Å²) in [6.07, 6.45) is 0.417. The molecule has 2 amide bonds. The molecule has 0 radical (unpaired) electrons. The van der Waals surface area contributed by atoms with E-state index in [0.717, 1.165) is 16.5 Å². The van der Waals surface area contributed by atoms with E-state index in [-0.39, 0.29) is 24.7 Å². The lowest BCUT2D eigenvalue weighted by atomic mass is 10.1. The van der Waals surface area contributed by atoms with E-state index in [2.05, 4.69) is 10.3 Å². The van der Waals surface area contributed by atoms with Gasteiger partial charge in [-0.15, -0.1) is 0 Å². The molecule has 29 heavy (non-hydrogen) atoms. The third-order valence-corrected chi connectivity index (χ3v) is 4.65. The highest BCUT2D eigenvalue weighted by Gasteiger charge is 2.16. The Hall–Kier alpha value is -3.32. The molecule has 152 valence electrons. The van der Waals surface area contributed by atoms with Crippen LogP contribution in [0.4, 0.5) is 10.5 Å². The number of nitrogens with zero attached hydrogens (tertiary/aromatic N) is 1. The van der Waals surface area contributed by atoms with Gasteiger partial charge in [0.25, 0.3) is 5.56 Å². The Balaban J connectivity index is 1.82. The number of carbonyl (C=O) groups is 1. The number of methoxy groups -OCH3 is 1. The summed E-state index contributed by atoms with van der Waals surface area (Å²) in [5.41, 5.74) is 2.73. The molecule has 0 aliphatic rings. The molecular formula is C22H25N3O4. The van der Waals surface area contributed by atoms with Crippen LogP contribution >= 0.6 is 0 Å². The molecule has 0 fully saturated rings. The third kappa shape index (κ3) is 5.14. The number of carbonyl (C=O) groups excluding carboxylic acids is 1. The summed E-state index contributed by atoms with van der Waals surface area (Å²) in [5.74, 6) is 0.693. The highest BCUT2D eigenvalue weighted by Crippen LogP contribution is 2.17. The lowest BCUT2D eigenvalue weighted by molar-refractivity contribution is 0.199. The Labute approximate surface area is 168 Å². The fourth-order valence-electron chi connectivity index (χ4n) is 3.09. The Bertz CT molecular complexity index is 1040. The van der Waals surface area contributed by atoms with Gasteiger partial charge < -0.3 is 25.0 Å². The minimum absolute atomic E-state index is 0.0421. The van der Waals surface area contributed by atoms with Crippen molar-refractivity contribution < 1.29 is 14.6 Å². The zero-order valence-corrected chi connectivity index (χ0v) is 16.6. The smallest absolute Gasteiger partial charge is 0.322 e. The molecule has 0 unspecified atom stereocenters. The number of aryl methyl sites for hydroxylation is 1. The van der Waals surface area contributed by atoms with Gasteiger partial charge in [-0.2, -0.15) is 0 Å². The zero-order valence-electron chi connectivity index (χ0n) is 16.6. The number of benzene rings is 2. The van der Waals surface area contributed by atoms with Crippen LogP contribution in [0.5, 0.6) is 5.75 Å². The van der Waals surface area contributed by atoms with Crippen molar-refractivity contribution in [2.45, 2.75) is 19.9 Å². The second-order valence-corrected chi connectivity index (χ2v) is 6.87. The molecule has 0 spiro atoms. The summed E-state index contributed by atoms with van der Waals surface area (Å²) in [4.78, 5) is 29.7. The number of fused-ring (bicyclic) bond motifs is 1. The Morgan fingerprint density at radius 2 is 1.93 bits per heavy atom. The van der Waals surface area contributed by atoms with Gasteiger partial charge in [-0.05, 0) is 61.2 Å². The number of hydrogen-bond donors (Lipinski definition) is 3. The first-order chi connectivity index (χ1) is 14.0. The van der Waals surface area contributed by atoms with Gasteiger partial charge in [0.2, 0.25) is 0 Å². The van der Waals surface area contributed by atoms with E-state index >= 15 is 0 Å². The second-order valence-electron chi connectivity index (χ2n) is 6.87. The van der Waals surface area contributed by atoms with Gasteiger partial charge in [0.15, 0.2) is 0 Å². The van der Waals surface area contributed by atoms with E-state index < -0.39 is 0 Å². The number of urea groups is 1. The molecule has 2 aromatic carbocycles. The molecule has 1 aromatic heterocycles. The van der Waals surface area contributed by atoms with E-state index in [1.165, 1.54) is 4.90 Å². The number of aromatic nitrogens is 1. The summed E-state index contributed by atoms with van der Waals surface area (Å²) < 4.78 is 5.12. The Morgan fingerprint density at radius 1 is 1.17 bits per heavy atom. The molecule has 0 aliphatic carbocycles. The number of ether oxygens (including phenoxy) is 1. The van der Waals surface area contributed by atoms with Crippen molar-refractivity contribution in [1.29, 1.82) is 0 Å². The number of anilines is 1. The number of pyridine rings is 1. The van der Waals surface area contributed by atoms with Gasteiger partial charge in [-0.3, -0.25) is 4.79 Å². The molecule has 3 aromatic rings. The van der Waals surface area contributed by atoms with Crippen LogP contribution in [0, 0.1) is 6.92 Å². The molecule has 3 N–H and O–H groups in total. The summed E-state index contributed by atoms with van der Waals surface area (Å²) >= 11 is 0. The van der Waals surface area contributed by atoms with E-state index in [0.29, 0.717) is 30.0 Å². The Morgan fingerprint density at radius 3 is 2.62 bits per heavy atom. The van der Waals surface area contributed by atoms with Crippen molar-refractivity contribution in [2.24, 2.45) is 0 Å². The second kappa shape index (κ2) is 9.25. The van der Waals surface area contributed by atoms with Crippen molar-refractivity contribution >= 4 is 22.6 Å². The lowest BCUT2D eigenvalue weighted by Gasteiger charge is -2.23. The largest absolute Gasteiger partial charge is 0.497 e. The molecule has 1 heterocycles. The first-order valence-electron chi connectivity index (χ1n) is 9.43. The number of aliphatic hydroxyl groups excluding tert-OH is 1. The molecule has 7 nitrogen and oxygen atoms in total. The number of rotatable bonds is 7. The van der Waals surface area contributed by atoms with Crippen molar-refractivity contribution in [3.05, 3.63) is 70.0 Å². The van der Waals surface area contributed by atoms with E-state index in [4.69, 9.17) is 4.74 Å². The maximum absolute atomic E-state index is 12.8. The number of amides is 2. The van der Waals surface area contributed by atoms with Crippen LogP contribution < -0.4 is 15.6 Å².